The third kappa shape index (κ3) is 4.77. The van der Waals surface area contributed by atoms with Crippen molar-refractivity contribution in [2.45, 2.75) is 44.1 Å². The highest BCUT2D eigenvalue weighted by molar-refractivity contribution is 14.1. The summed E-state index contributed by atoms with van der Waals surface area (Å²) in [6.07, 6.45) is 6.45. The molecule has 0 aromatic heterocycles. The molecule has 4 nitrogen and oxygen atoms in total. The molecule has 3 atom stereocenters. The molecular formula is C23H24I2N2O2S. The van der Waals surface area contributed by atoms with Gasteiger partial charge < -0.3 is 15.3 Å². The summed E-state index contributed by atoms with van der Waals surface area (Å²) in [6, 6.07) is 14.1. The first kappa shape index (κ1) is 22.3. The Morgan fingerprint density at radius 3 is 2.63 bits per heavy atom. The number of rotatable bonds is 4. The Balaban J connectivity index is 1.69. The molecule has 1 amide bonds. The van der Waals surface area contributed by atoms with Crippen LogP contribution < -0.4 is 5.32 Å². The number of phenolic OH excluding ortho intramolecular Hbond substituents is 1. The van der Waals surface area contributed by atoms with Crippen molar-refractivity contribution >= 4 is 74.6 Å². The van der Waals surface area contributed by atoms with Crippen LogP contribution in [-0.2, 0) is 4.79 Å². The van der Waals surface area contributed by atoms with E-state index in [0.29, 0.717) is 16.4 Å². The zero-order valence-electron chi connectivity index (χ0n) is 16.6. The Bertz CT molecular complexity index is 967. The minimum absolute atomic E-state index is 0.0560. The van der Waals surface area contributed by atoms with Gasteiger partial charge in [0.15, 0.2) is 5.50 Å². The number of amides is 1. The first-order chi connectivity index (χ1) is 14.4. The van der Waals surface area contributed by atoms with Crippen molar-refractivity contribution in [3.63, 3.8) is 0 Å². The Morgan fingerprint density at radius 1 is 1.17 bits per heavy atom. The van der Waals surface area contributed by atoms with E-state index in [2.05, 4.69) is 57.4 Å². The summed E-state index contributed by atoms with van der Waals surface area (Å²) in [5, 5.41) is 14.1. The molecule has 2 aromatic rings. The molecule has 2 aromatic carbocycles. The van der Waals surface area contributed by atoms with E-state index in [-0.39, 0.29) is 23.2 Å². The summed E-state index contributed by atoms with van der Waals surface area (Å²) in [5.74, 6) is 0.768. The number of hydrogen-bond acceptors (Lipinski definition) is 4. The molecule has 1 unspecified atom stereocenters. The summed E-state index contributed by atoms with van der Waals surface area (Å²) in [4.78, 5) is 16.3. The number of nitrogens with zero attached hydrogens (tertiary/aromatic N) is 1. The van der Waals surface area contributed by atoms with Crippen molar-refractivity contribution in [2.75, 3.05) is 5.32 Å². The third-order valence-electron chi connectivity index (χ3n) is 5.77. The lowest BCUT2D eigenvalue weighted by atomic mass is 9.85. The van der Waals surface area contributed by atoms with Crippen LogP contribution in [0.4, 0.5) is 5.69 Å². The van der Waals surface area contributed by atoms with Crippen molar-refractivity contribution in [1.29, 1.82) is 0 Å². The molecule has 0 bridgehead atoms. The normalized spacial score (nSPS) is 25.7. The molecular weight excluding hydrogens is 622 g/mol. The van der Waals surface area contributed by atoms with Crippen LogP contribution in [0.15, 0.2) is 47.4 Å². The summed E-state index contributed by atoms with van der Waals surface area (Å²) < 4.78 is 1.83. The van der Waals surface area contributed by atoms with E-state index in [4.69, 9.17) is 0 Å². The Morgan fingerprint density at radius 2 is 1.90 bits per heavy atom. The number of hydrogen-bond donors (Lipinski definition) is 2. The first-order valence-corrected chi connectivity index (χ1v) is 13.2. The molecule has 1 heterocycles. The van der Waals surface area contributed by atoms with Crippen LogP contribution in [0.25, 0.3) is 6.08 Å². The number of halogens is 2. The molecule has 0 radical (unpaired) electrons. The number of carbonyl (C=O) groups is 1. The number of nitrogens with one attached hydrogen (secondary N) is 1. The van der Waals surface area contributed by atoms with Crippen molar-refractivity contribution in [2.24, 2.45) is 5.92 Å². The van der Waals surface area contributed by atoms with E-state index in [1.54, 1.807) is 11.8 Å². The first-order valence-electron chi connectivity index (χ1n) is 10.1. The molecule has 4 rings (SSSR count). The maximum atomic E-state index is 13.5. The lowest BCUT2D eigenvalue weighted by molar-refractivity contribution is -0.129. The molecule has 1 saturated carbocycles. The van der Waals surface area contributed by atoms with Gasteiger partial charge >= 0.3 is 0 Å². The van der Waals surface area contributed by atoms with Crippen LogP contribution in [0.2, 0.25) is 0 Å². The SMILES string of the molecule is C[C@@H]1CCCC[C@H]1N1C(=O)/C(=C/c2cc(I)cc(I)c2O)SC1Nc1ccccc1. The second-order valence-electron chi connectivity index (χ2n) is 7.86. The number of benzene rings is 2. The third-order valence-corrected chi connectivity index (χ3v) is 8.33. The monoisotopic (exact) mass is 646 g/mol. The van der Waals surface area contributed by atoms with Crippen LogP contribution in [0, 0.1) is 13.1 Å². The highest BCUT2D eigenvalue weighted by Gasteiger charge is 2.43. The van der Waals surface area contributed by atoms with Gasteiger partial charge in [0.05, 0.1) is 8.48 Å². The summed E-state index contributed by atoms with van der Waals surface area (Å²) in [5.41, 5.74) is 1.55. The van der Waals surface area contributed by atoms with Crippen LogP contribution in [0.5, 0.6) is 5.75 Å². The Kier molecular flexibility index (Phi) is 7.19. The van der Waals surface area contributed by atoms with Gasteiger partial charge in [-0.25, -0.2) is 0 Å². The second-order valence-corrected chi connectivity index (χ2v) is 11.4. The van der Waals surface area contributed by atoms with Crippen molar-refractivity contribution < 1.29 is 9.90 Å². The summed E-state index contributed by atoms with van der Waals surface area (Å²) in [6.45, 7) is 2.26. The van der Waals surface area contributed by atoms with Gasteiger partial charge in [0.25, 0.3) is 5.91 Å². The van der Waals surface area contributed by atoms with Gasteiger partial charge in [0.2, 0.25) is 0 Å². The van der Waals surface area contributed by atoms with Crippen LogP contribution in [0.3, 0.4) is 0 Å². The molecule has 2 N–H and O–H groups in total. The molecule has 2 aliphatic rings. The lowest BCUT2D eigenvalue weighted by Gasteiger charge is -2.39. The van der Waals surface area contributed by atoms with Crippen molar-refractivity contribution in [3.8, 4) is 5.75 Å². The van der Waals surface area contributed by atoms with Crippen LogP contribution in [-0.4, -0.2) is 27.5 Å². The Labute approximate surface area is 209 Å². The fourth-order valence-electron chi connectivity index (χ4n) is 4.20. The minimum Gasteiger partial charge on any atom is -0.506 e. The van der Waals surface area contributed by atoms with Crippen LogP contribution in [0.1, 0.15) is 38.2 Å². The molecule has 1 saturated heterocycles. The quantitative estimate of drug-likeness (QED) is 0.295. The molecule has 1 aliphatic heterocycles. The van der Waals surface area contributed by atoms with Gasteiger partial charge in [-0.1, -0.05) is 49.7 Å². The number of thioether (sulfide) groups is 1. The number of carbonyl (C=O) groups excluding carboxylic acids is 1. The van der Waals surface area contributed by atoms with E-state index in [1.165, 1.54) is 6.42 Å². The molecule has 0 spiro atoms. The molecule has 2 fully saturated rings. The van der Waals surface area contributed by atoms with E-state index < -0.39 is 0 Å². The van der Waals surface area contributed by atoms with Crippen molar-refractivity contribution in [1.82, 2.24) is 4.90 Å². The average Bonchev–Trinajstić information content (AvgIpc) is 3.02. The number of aromatic hydroxyl groups is 1. The van der Waals surface area contributed by atoms with Gasteiger partial charge in [0.1, 0.15) is 5.75 Å². The standard InChI is InChI=1S/C23H24I2N2O2S/c1-14-7-5-6-10-19(14)27-22(29)20(12-15-11-16(24)13-18(25)21(15)28)30-23(27)26-17-8-3-2-4-9-17/h2-4,8-9,11-14,19,23,26,28H,5-7,10H2,1H3/b20-12-/t14-,19-,23?/m1/s1. The van der Waals surface area contributed by atoms with E-state index in [0.717, 1.165) is 32.1 Å². The number of phenols is 1. The zero-order chi connectivity index (χ0) is 21.3. The smallest absolute Gasteiger partial charge is 0.262 e. The zero-order valence-corrected chi connectivity index (χ0v) is 21.8. The molecule has 30 heavy (non-hydrogen) atoms. The fourth-order valence-corrected chi connectivity index (χ4v) is 7.30. The molecule has 1 aliphatic carbocycles. The average molecular weight is 646 g/mol. The van der Waals surface area contributed by atoms with Crippen molar-refractivity contribution in [3.05, 3.63) is 60.1 Å². The van der Waals surface area contributed by atoms with Crippen LogP contribution >= 0.6 is 56.9 Å². The van der Waals surface area contributed by atoms with Gasteiger partial charge in [-0.3, -0.25) is 4.79 Å². The Hall–Kier alpha value is -0.940. The van der Waals surface area contributed by atoms with Gasteiger partial charge in [-0.05, 0) is 94.3 Å². The summed E-state index contributed by atoms with van der Waals surface area (Å²) in [7, 11) is 0. The fraction of sp³-hybridized carbons (Fsp3) is 0.348. The number of para-hydroxylation sites is 1. The molecule has 7 heteroatoms. The highest BCUT2D eigenvalue weighted by atomic mass is 127. The van der Waals surface area contributed by atoms with E-state index >= 15 is 0 Å². The predicted octanol–water partition coefficient (Wildman–Crippen LogP) is 6.49. The molecule has 158 valence electrons. The lowest BCUT2D eigenvalue weighted by Crippen LogP contribution is -2.48. The topological polar surface area (TPSA) is 52.6 Å². The maximum absolute atomic E-state index is 13.5. The van der Waals surface area contributed by atoms with Gasteiger partial charge in [-0.2, -0.15) is 0 Å². The predicted molar refractivity (Wildman–Crippen MR) is 141 cm³/mol. The highest BCUT2D eigenvalue weighted by Crippen LogP contribution is 2.43. The minimum atomic E-state index is -0.152. The van der Waals surface area contributed by atoms with E-state index in [9.17, 15) is 9.90 Å². The second kappa shape index (κ2) is 9.68. The van der Waals surface area contributed by atoms with E-state index in [1.807, 2.05) is 53.4 Å². The number of anilines is 1. The largest absolute Gasteiger partial charge is 0.506 e. The summed E-state index contributed by atoms with van der Waals surface area (Å²) >= 11 is 5.91. The van der Waals surface area contributed by atoms with Gasteiger partial charge in [-0.15, -0.1) is 0 Å². The van der Waals surface area contributed by atoms with Gasteiger partial charge in [0, 0.05) is 20.9 Å². The maximum Gasteiger partial charge on any atom is 0.262 e.